The summed E-state index contributed by atoms with van der Waals surface area (Å²) >= 11 is 0. The highest BCUT2D eigenvalue weighted by molar-refractivity contribution is 5.95. The number of carbonyl (C=O) groups excluding carboxylic acids is 1. The van der Waals surface area contributed by atoms with Gasteiger partial charge in [-0.3, -0.25) is 0 Å². The first-order valence-corrected chi connectivity index (χ1v) is 4.43. The molecule has 2 rings (SSSR count). The Morgan fingerprint density at radius 3 is 2.88 bits per heavy atom. The molecule has 0 atom stereocenters. The quantitative estimate of drug-likeness (QED) is 0.516. The average molecular weight is 216 g/mol. The lowest BCUT2D eigenvalue weighted by Crippen LogP contribution is -2.23. The van der Waals surface area contributed by atoms with Crippen LogP contribution in [0, 0.1) is 11.3 Å². The molecule has 1 aromatic rings. The first kappa shape index (κ1) is 10.1. The Bertz CT molecular complexity index is 513. The number of benzene rings is 1. The summed E-state index contributed by atoms with van der Waals surface area (Å²) in [6.45, 7) is 0.147. The molecule has 0 saturated carbocycles. The van der Waals surface area contributed by atoms with Crippen LogP contribution in [0.4, 0.5) is 0 Å². The van der Waals surface area contributed by atoms with Crippen molar-refractivity contribution in [2.45, 2.75) is 0 Å². The van der Waals surface area contributed by atoms with E-state index in [-0.39, 0.29) is 6.79 Å². The lowest BCUT2D eigenvalue weighted by Gasteiger charge is -2.00. The van der Waals surface area contributed by atoms with E-state index in [1.54, 1.807) is 24.3 Å². The van der Waals surface area contributed by atoms with Crippen molar-refractivity contribution in [2.75, 3.05) is 6.79 Å². The van der Waals surface area contributed by atoms with Crippen molar-refractivity contribution in [1.82, 2.24) is 0 Å². The summed E-state index contributed by atoms with van der Waals surface area (Å²) in [4.78, 5) is 10.5. The molecule has 5 heteroatoms. The van der Waals surface area contributed by atoms with Gasteiger partial charge in [0.15, 0.2) is 11.5 Å². The van der Waals surface area contributed by atoms with Crippen molar-refractivity contribution in [2.24, 2.45) is 0 Å². The van der Waals surface area contributed by atoms with Crippen LogP contribution in [-0.2, 0) is 4.79 Å². The zero-order chi connectivity index (χ0) is 11.5. The van der Waals surface area contributed by atoms with Crippen LogP contribution >= 0.6 is 0 Å². The number of hydrogen-bond acceptors (Lipinski definition) is 5. The van der Waals surface area contributed by atoms with Crippen molar-refractivity contribution >= 4 is 12.0 Å². The number of fused-ring (bicyclic) bond motifs is 1. The number of nitriles is 1. The number of nitrogens with zero attached hydrogens (tertiary/aromatic N) is 1. The maximum absolute atomic E-state index is 10.5. The zero-order valence-corrected chi connectivity index (χ0v) is 8.10. The van der Waals surface area contributed by atoms with Gasteiger partial charge in [0.2, 0.25) is 6.79 Å². The van der Waals surface area contributed by atoms with Crippen LogP contribution in [0.2, 0.25) is 0 Å². The highest BCUT2D eigenvalue weighted by Crippen LogP contribution is 2.32. The molecule has 0 aliphatic carbocycles. The Hall–Kier alpha value is -2.48. The van der Waals surface area contributed by atoms with E-state index < -0.39 is 11.5 Å². The van der Waals surface area contributed by atoms with E-state index in [0.717, 1.165) is 0 Å². The van der Waals surface area contributed by atoms with E-state index >= 15 is 0 Å². The largest absolute Gasteiger partial charge is 0.544 e. The van der Waals surface area contributed by atoms with E-state index in [1.165, 1.54) is 6.08 Å². The van der Waals surface area contributed by atoms with Gasteiger partial charge in [-0.05, 0) is 23.8 Å². The van der Waals surface area contributed by atoms with E-state index in [0.29, 0.717) is 17.1 Å². The molecule has 0 aromatic heterocycles. The maximum Gasteiger partial charge on any atom is 0.231 e. The van der Waals surface area contributed by atoms with E-state index in [9.17, 15) is 9.90 Å². The summed E-state index contributed by atoms with van der Waals surface area (Å²) in [5.74, 6) is -0.367. The molecule has 5 nitrogen and oxygen atoms in total. The van der Waals surface area contributed by atoms with Gasteiger partial charge >= 0.3 is 0 Å². The molecule has 1 heterocycles. The Kier molecular flexibility index (Phi) is 2.48. The molecule has 0 N–H and O–H groups in total. The fourth-order valence-electron chi connectivity index (χ4n) is 1.31. The summed E-state index contributed by atoms with van der Waals surface area (Å²) < 4.78 is 10.2. The number of carboxylic acids is 1. The summed E-state index contributed by atoms with van der Waals surface area (Å²) in [6, 6.07) is 6.43. The second kappa shape index (κ2) is 3.95. The standard InChI is InChI=1S/C11H7NO4/c12-5-8(11(13)14)3-7-1-2-9-10(4-7)16-6-15-9/h1-4H,6H2,(H,13,14)/p-1/b8-3+. The van der Waals surface area contributed by atoms with Crippen molar-refractivity contribution in [3.63, 3.8) is 0 Å². The lowest BCUT2D eigenvalue weighted by atomic mass is 10.1. The van der Waals surface area contributed by atoms with Crippen LogP contribution in [0.3, 0.4) is 0 Å². The molecular weight excluding hydrogens is 210 g/mol. The van der Waals surface area contributed by atoms with Crippen LogP contribution in [-0.4, -0.2) is 12.8 Å². The normalized spacial score (nSPS) is 13.3. The van der Waals surface area contributed by atoms with E-state index in [4.69, 9.17) is 14.7 Å². The molecule has 0 spiro atoms. The van der Waals surface area contributed by atoms with Crippen LogP contribution in [0.1, 0.15) is 5.56 Å². The average Bonchev–Trinajstić information content (AvgIpc) is 2.72. The molecule has 0 amide bonds. The number of aliphatic carboxylic acids is 1. The SMILES string of the molecule is N#C/C(=C\c1ccc2c(c1)OCO2)C(=O)[O-]. The third-order valence-corrected chi connectivity index (χ3v) is 2.05. The third-order valence-electron chi connectivity index (χ3n) is 2.05. The Balaban J connectivity index is 2.36. The Morgan fingerprint density at radius 1 is 1.44 bits per heavy atom. The smallest absolute Gasteiger partial charge is 0.231 e. The number of hydrogen-bond donors (Lipinski definition) is 0. The lowest BCUT2D eigenvalue weighted by molar-refractivity contribution is -0.298. The van der Waals surface area contributed by atoms with Gasteiger partial charge < -0.3 is 19.4 Å². The van der Waals surface area contributed by atoms with Gasteiger partial charge in [0.05, 0.1) is 11.5 Å². The highest BCUT2D eigenvalue weighted by atomic mass is 16.7. The second-order valence-corrected chi connectivity index (χ2v) is 3.07. The molecular formula is C11H6NO4-. The van der Waals surface area contributed by atoms with Gasteiger partial charge in [0.25, 0.3) is 0 Å². The Morgan fingerprint density at radius 2 is 2.19 bits per heavy atom. The molecule has 16 heavy (non-hydrogen) atoms. The van der Waals surface area contributed by atoms with Crippen molar-refractivity contribution in [1.29, 1.82) is 5.26 Å². The van der Waals surface area contributed by atoms with Crippen molar-refractivity contribution in [3.05, 3.63) is 29.3 Å². The minimum Gasteiger partial charge on any atom is -0.544 e. The van der Waals surface area contributed by atoms with Crippen molar-refractivity contribution in [3.8, 4) is 17.6 Å². The number of ether oxygens (including phenoxy) is 2. The molecule has 1 aliphatic rings. The molecule has 0 unspecified atom stereocenters. The summed E-state index contributed by atoms with van der Waals surface area (Å²) in [5.41, 5.74) is 0.115. The van der Waals surface area contributed by atoms with Crippen molar-refractivity contribution < 1.29 is 19.4 Å². The highest BCUT2D eigenvalue weighted by Gasteiger charge is 2.12. The minimum absolute atomic E-state index is 0.147. The number of carbonyl (C=O) groups is 1. The van der Waals surface area contributed by atoms with Gasteiger partial charge in [-0.1, -0.05) is 6.07 Å². The molecule has 80 valence electrons. The molecule has 1 aromatic carbocycles. The third kappa shape index (κ3) is 1.81. The summed E-state index contributed by atoms with van der Waals surface area (Å²) in [7, 11) is 0. The van der Waals surface area contributed by atoms with E-state index in [2.05, 4.69) is 0 Å². The zero-order valence-electron chi connectivity index (χ0n) is 8.10. The molecule has 0 radical (unpaired) electrons. The molecule has 0 bridgehead atoms. The first-order valence-electron chi connectivity index (χ1n) is 4.43. The minimum atomic E-state index is -1.50. The Labute approximate surface area is 91.1 Å². The number of carboxylic acid groups (broad SMARTS) is 1. The fraction of sp³-hybridized carbons (Fsp3) is 0.0909. The topological polar surface area (TPSA) is 82.4 Å². The van der Waals surface area contributed by atoms with E-state index in [1.807, 2.05) is 0 Å². The summed E-state index contributed by atoms with van der Waals surface area (Å²) in [5, 5.41) is 19.1. The van der Waals surface area contributed by atoms with Gasteiger partial charge in [0.1, 0.15) is 6.07 Å². The number of rotatable bonds is 2. The first-order chi connectivity index (χ1) is 7.70. The fourth-order valence-corrected chi connectivity index (χ4v) is 1.31. The second-order valence-electron chi connectivity index (χ2n) is 3.07. The summed E-state index contributed by atoms with van der Waals surface area (Å²) in [6.07, 6.45) is 1.22. The molecule has 0 saturated heterocycles. The van der Waals surface area contributed by atoms with Gasteiger partial charge in [-0.2, -0.15) is 5.26 Å². The predicted molar refractivity (Wildman–Crippen MR) is 51.2 cm³/mol. The molecule has 0 fully saturated rings. The van der Waals surface area contributed by atoms with Crippen LogP contribution in [0.15, 0.2) is 23.8 Å². The monoisotopic (exact) mass is 216 g/mol. The molecule has 1 aliphatic heterocycles. The van der Waals surface area contributed by atoms with Gasteiger partial charge in [-0.15, -0.1) is 0 Å². The van der Waals surface area contributed by atoms with Crippen LogP contribution in [0.5, 0.6) is 11.5 Å². The van der Waals surface area contributed by atoms with Gasteiger partial charge in [-0.25, -0.2) is 0 Å². The van der Waals surface area contributed by atoms with Crippen LogP contribution < -0.4 is 14.6 Å². The van der Waals surface area contributed by atoms with Gasteiger partial charge in [0, 0.05) is 0 Å². The maximum atomic E-state index is 10.5. The van der Waals surface area contributed by atoms with Crippen LogP contribution in [0.25, 0.3) is 6.08 Å². The predicted octanol–water partition coefficient (Wildman–Crippen LogP) is 0.0722.